The van der Waals surface area contributed by atoms with Gasteiger partial charge in [0.05, 0.1) is 16.3 Å². The molecule has 3 aliphatic heterocycles. The summed E-state index contributed by atoms with van der Waals surface area (Å²) in [5.41, 5.74) is 1.53. The third-order valence-electron chi connectivity index (χ3n) is 8.63. The van der Waals surface area contributed by atoms with E-state index in [1.807, 2.05) is 62.6 Å². The second-order valence-corrected chi connectivity index (χ2v) is 14.1. The van der Waals surface area contributed by atoms with Crippen molar-refractivity contribution in [1.82, 2.24) is 9.80 Å². The van der Waals surface area contributed by atoms with E-state index < -0.39 is 11.1 Å². The third-order valence-corrected chi connectivity index (χ3v) is 9.31. The summed E-state index contributed by atoms with van der Waals surface area (Å²) in [5, 5.41) is 9.89. The van der Waals surface area contributed by atoms with Crippen LogP contribution in [0.25, 0.3) is 0 Å². The molecule has 3 fully saturated rings. The molecule has 5 rings (SSSR count). The smallest absolute Gasteiger partial charge is 0.410 e. The molecule has 3 saturated heterocycles. The Morgan fingerprint density at radius 2 is 1.59 bits per heavy atom. The molecule has 2 aromatic carbocycles. The largest absolute Gasteiger partial charge is 0.444 e. The van der Waals surface area contributed by atoms with Gasteiger partial charge in [0.1, 0.15) is 17.2 Å². The molecule has 9 nitrogen and oxygen atoms in total. The maximum atomic E-state index is 13.5. The molecule has 0 spiro atoms. The van der Waals surface area contributed by atoms with E-state index >= 15 is 0 Å². The van der Waals surface area contributed by atoms with E-state index in [1.54, 1.807) is 18.2 Å². The summed E-state index contributed by atoms with van der Waals surface area (Å²) >= 11 is 12.1. The molecule has 3 heterocycles. The average Bonchev–Trinajstić information content (AvgIpc) is 3.15. The van der Waals surface area contributed by atoms with Crippen LogP contribution in [0.5, 0.6) is 0 Å². The highest BCUT2D eigenvalue weighted by molar-refractivity contribution is 7.81. The normalized spacial score (nSPS) is 19.8. The maximum Gasteiger partial charge on any atom is 0.410 e. The highest BCUT2D eigenvalue weighted by atomic mass is 35.5. The standard InChI is InChI=1S/C33H41ClN6O3S/c1-32(2,3)43-31(42)38-18-16-36(17-19-38)22-23-12-14-37(15-13-23)25-8-10-26(11-9-25)40-30(44)39(29(41)33(40,4)5)27-7-6-24(21-35)28(34)20-27/h6-11,20,23H,12-19,22H2,1-5H3. The van der Waals surface area contributed by atoms with Gasteiger partial charge in [-0.25, -0.2) is 4.79 Å². The molecule has 0 unspecified atom stereocenters. The molecule has 0 radical (unpaired) electrons. The Morgan fingerprint density at radius 3 is 2.16 bits per heavy atom. The van der Waals surface area contributed by atoms with Crippen LogP contribution in [-0.2, 0) is 9.53 Å². The molecule has 3 aliphatic rings. The van der Waals surface area contributed by atoms with E-state index in [2.05, 4.69) is 21.9 Å². The number of hydrogen-bond acceptors (Lipinski definition) is 7. The minimum atomic E-state index is -0.893. The van der Waals surface area contributed by atoms with Crippen molar-refractivity contribution in [1.29, 1.82) is 5.26 Å². The molecule has 0 atom stereocenters. The van der Waals surface area contributed by atoms with Crippen LogP contribution in [0.2, 0.25) is 5.02 Å². The number of benzene rings is 2. The Kier molecular flexibility index (Phi) is 9.13. The zero-order valence-electron chi connectivity index (χ0n) is 26.2. The molecular formula is C33H41ClN6O3S. The van der Waals surface area contributed by atoms with E-state index in [1.165, 1.54) is 4.90 Å². The Balaban J connectivity index is 1.16. The monoisotopic (exact) mass is 636 g/mol. The van der Waals surface area contributed by atoms with Crippen molar-refractivity contribution >= 4 is 58.0 Å². The van der Waals surface area contributed by atoms with Crippen LogP contribution in [0.3, 0.4) is 0 Å². The predicted octanol–water partition coefficient (Wildman–Crippen LogP) is 5.90. The molecule has 0 aromatic heterocycles. The number of carbonyl (C=O) groups excluding carboxylic acids is 2. The van der Waals surface area contributed by atoms with Gasteiger partial charge in [0, 0.05) is 57.2 Å². The number of nitrogens with zero attached hydrogens (tertiary/aromatic N) is 6. The molecule has 11 heteroatoms. The van der Waals surface area contributed by atoms with Crippen LogP contribution in [0, 0.1) is 17.2 Å². The van der Waals surface area contributed by atoms with Crippen molar-refractivity contribution in [2.75, 3.05) is 60.5 Å². The lowest BCUT2D eigenvalue weighted by atomic mass is 9.95. The highest BCUT2D eigenvalue weighted by Crippen LogP contribution is 2.38. The van der Waals surface area contributed by atoms with E-state index in [0.29, 0.717) is 35.4 Å². The zero-order chi connectivity index (χ0) is 31.8. The topological polar surface area (TPSA) is 83.4 Å². The molecule has 0 bridgehead atoms. The number of halogens is 1. The van der Waals surface area contributed by atoms with Crippen molar-refractivity contribution in [3.63, 3.8) is 0 Å². The van der Waals surface area contributed by atoms with Crippen molar-refractivity contribution in [2.24, 2.45) is 5.92 Å². The summed E-state index contributed by atoms with van der Waals surface area (Å²) in [6, 6.07) is 15.2. The molecular weight excluding hydrogens is 596 g/mol. The minimum Gasteiger partial charge on any atom is -0.444 e. The number of piperazine rings is 1. The summed E-state index contributed by atoms with van der Waals surface area (Å²) in [4.78, 5) is 36.0. The molecule has 44 heavy (non-hydrogen) atoms. The van der Waals surface area contributed by atoms with Crippen LogP contribution in [0.1, 0.15) is 53.0 Å². The van der Waals surface area contributed by atoms with E-state index in [9.17, 15) is 14.9 Å². The van der Waals surface area contributed by atoms with Gasteiger partial charge >= 0.3 is 6.09 Å². The fourth-order valence-corrected chi connectivity index (χ4v) is 6.92. The minimum absolute atomic E-state index is 0.152. The van der Waals surface area contributed by atoms with Crippen molar-refractivity contribution < 1.29 is 14.3 Å². The first-order valence-corrected chi connectivity index (χ1v) is 16.0. The molecule has 2 aromatic rings. The average molecular weight is 637 g/mol. The predicted molar refractivity (Wildman–Crippen MR) is 178 cm³/mol. The van der Waals surface area contributed by atoms with E-state index in [0.717, 1.165) is 56.9 Å². The van der Waals surface area contributed by atoms with Gasteiger partial charge in [0.15, 0.2) is 5.11 Å². The van der Waals surface area contributed by atoms with Crippen LogP contribution in [0.4, 0.5) is 21.9 Å². The van der Waals surface area contributed by atoms with Gasteiger partial charge < -0.3 is 19.4 Å². The summed E-state index contributed by atoms with van der Waals surface area (Å²) in [7, 11) is 0. The number of carbonyl (C=O) groups is 2. The number of hydrogen-bond donors (Lipinski definition) is 0. The number of amides is 2. The molecule has 234 valence electrons. The zero-order valence-corrected chi connectivity index (χ0v) is 27.7. The van der Waals surface area contributed by atoms with Crippen molar-refractivity contribution in [2.45, 2.75) is 58.6 Å². The van der Waals surface area contributed by atoms with Crippen LogP contribution < -0.4 is 14.7 Å². The Labute approximate surface area is 270 Å². The number of nitriles is 1. The van der Waals surface area contributed by atoms with Gasteiger partial charge in [0.2, 0.25) is 0 Å². The molecule has 2 amide bonds. The van der Waals surface area contributed by atoms with Crippen LogP contribution >= 0.6 is 23.8 Å². The van der Waals surface area contributed by atoms with Gasteiger partial charge in [-0.05, 0) is 108 Å². The molecule has 0 N–H and O–H groups in total. The van der Waals surface area contributed by atoms with Crippen LogP contribution in [0.15, 0.2) is 42.5 Å². The van der Waals surface area contributed by atoms with E-state index in [4.69, 9.17) is 28.6 Å². The Bertz CT molecular complexity index is 1450. The first-order chi connectivity index (χ1) is 20.8. The van der Waals surface area contributed by atoms with Gasteiger partial charge in [0.25, 0.3) is 5.91 Å². The van der Waals surface area contributed by atoms with Gasteiger partial charge in [-0.2, -0.15) is 5.26 Å². The SMILES string of the molecule is CC(C)(C)OC(=O)N1CCN(CC2CCN(c3ccc(N4C(=S)N(c5ccc(C#N)c(Cl)c5)C(=O)C4(C)C)cc3)CC2)CC1. The quantitative estimate of drug-likeness (QED) is 0.376. The Hall–Kier alpha value is -3.39. The summed E-state index contributed by atoms with van der Waals surface area (Å²) in [6.45, 7) is 15.7. The van der Waals surface area contributed by atoms with Crippen LogP contribution in [-0.4, -0.2) is 83.9 Å². The lowest BCUT2D eigenvalue weighted by molar-refractivity contribution is -0.120. The summed E-state index contributed by atoms with van der Waals surface area (Å²) in [5.74, 6) is 0.481. The van der Waals surface area contributed by atoms with Crippen molar-refractivity contribution in [3.05, 3.63) is 53.1 Å². The number of piperidine rings is 1. The second kappa shape index (κ2) is 12.5. The third kappa shape index (κ3) is 6.65. The molecule has 0 saturated carbocycles. The number of anilines is 3. The summed E-state index contributed by atoms with van der Waals surface area (Å²) < 4.78 is 5.53. The summed E-state index contributed by atoms with van der Waals surface area (Å²) in [6.07, 6.45) is 2.02. The van der Waals surface area contributed by atoms with Gasteiger partial charge in [-0.1, -0.05) is 11.6 Å². The fraction of sp³-hybridized carbons (Fsp3) is 0.515. The first kappa shape index (κ1) is 32.0. The lowest BCUT2D eigenvalue weighted by Gasteiger charge is -2.39. The number of thiocarbonyl (C=S) groups is 1. The Morgan fingerprint density at radius 1 is 1.00 bits per heavy atom. The van der Waals surface area contributed by atoms with Gasteiger partial charge in [-0.15, -0.1) is 0 Å². The second-order valence-electron chi connectivity index (χ2n) is 13.3. The first-order valence-electron chi connectivity index (χ1n) is 15.2. The fourth-order valence-electron chi connectivity index (χ4n) is 6.18. The maximum absolute atomic E-state index is 13.5. The number of ether oxygens (including phenoxy) is 1. The van der Waals surface area contributed by atoms with Crippen molar-refractivity contribution in [3.8, 4) is 6.07 Å². The highest BCUT2D eigenvalue weighted by Gasteiger charge is 2.50. The number of rotatable bonds is 5. The van der Waals surface area contributed by atoms with Gasteiger partial charge in [-0.3, -0.25) is 14.6 Å². The lowest BCUT2D eigenvalue weighted by Crippen LogP contribution is -2.51. The molecule has 0 aliphatic carbocycles. The van der Waals surface area contributed by atoms with E-state index in [-0.39, 0.29) is 17.0 Å².